The van der Waals surface area contributed by atoms with Gasteiger partial charge in [0.2, 0.25) is 0 Å². The minimum atomic E-state index is -0.193. The van der Waals surface area contributed by atoms with Gasteiger partial charge in [-0.2, -0.15) is 5.26 Å². The Bertz CT molecular complexity index is 703. The van der Waals surface area contributed by atoms with Crippen molar-refractivity contribution in [3.63, 3.8) is 0 Å². The minimum Gasteiger partial charge on any atom is -0.497 e. The Labute approximate surface area is 141 Å². The van der Waals surface area contributed by atoms with Crippen LogP contribution in [0.3, 0.4) is 0 Å². The average molecular weight is 324 g/mol. The van der Waals surface area contributed by atoms with E-state index in [0.717, 1.165) is 17.7 Å². The fourth-order valence-corrected chi connectivity index (χ4v) is 2.27. The third-order valence-corrected chi connectivity index (χ3v) is 3.61. The maximum absolute atomic E-state index is 12.1. The molecule has 0 aliphatic carbocycles. The van der Waals surface area contributed by atoms with E-state index in [1.165, 1.54) is 0 Å². The molecule has 2 rings (SSSR count). The topological polar surface area (TPSA) is 71.3 Å². The van der Waals surface area contributed by atoms with Crippen LogP contribution >= 0.6 is 0 Å². The van der Waals surface area contributed by atoms with Gasteiger partial charge in [0, 0.05) is 0 Å². The molecular weight excluding hydrogens is 304 g/mol. The van der Waals surface area contributed by atoms with E-state index in [9.17, 15) is 4.79 Å². The van der Waals surface area contributed by atoms with Crippen molar-refractivity contribution in [2.24, 2.45) is 0 Å². The predicted molar refractivity (Wildman–Crippen MR) is 90.8 cm³/mol. The number of rotatable bonds is 7. The number of carbonyl (C=O) groups is 1. The Kier molecular flexibility index (Phi) is 6.21. The van der Waals surface area contributed by atoms with Crippen molar-refractivity contribution in [1.82, 2.24) is 5.32 Å². The van der Waals surface area contributed by atoms with Gasteiger partial charge in [0.05, 0.1) is 24.8 Å². The average Bonchev–Trinajstić information content (AvgIpc) is 2.65. The number of hydrogen-bond donors (Lipinski definition) is 1. The molecule has 24 heavy (non-hydrogen) atoms. The molecule has 0 fully saturated rings. The fraction of sp³-hybridized carbons (Fsp3) is 0.263. The number of nitriles is 1. The van der Waals surface area contributed by atoms with Gasteiger partial charge >= 0.3 is 0 Å². The molecule has 5 heteroatoms. The summed E-state index contributed by atoms with van der Waals surface area (Å²) in [5.41, 5.74) is 1.57. The van der Waals surface area contributed by atoms with Gasteiger partial charge in [0.15, 0.2) is 6.61 Å². The van der Waals surface area contributed by atoms with Crippen molar-refractivity contribution in [1.29, 1.82) is 5.26 Å². The summed E-state index contributed by atoms with van der Waals surface area (Å²) in [6, 6.07) is 16.2. The second kappa shape index (κ2) is 8.59. The summed E-state index contributed by atoms with van der Waals surface area (Å²) in [6.45, 7) is 1.94. The van der Waals surface area contributed by atoms with Gasteiger partial charge in [-0.05, 0) is 48.4 Å². The Morgan fingerprint density at radius 1 is 1.12 bits per heavy atom. The van der Waals surface area contributed by atoms with Crippen molar-refractivity contribution in [2.75, 3.05) is 13.7 Å². The van der Waals surface area contributed by atoms with Crippen molar-refractivity contribution < 1.29 is 14.3 Å². The zero-order valence-corrected chi connectivity index (χ0v) is 13.8. The highest BCUT2D eigenvalue weighted by molar-refractivity contribution is 5.78. The molecule has 0 bridgehead atoms. The molecule has 0 radical (unpaired) electrons. The molecule has 0 aliphatic rings. The molecule has 0 aliphatic heterocycles. The van der Waals surface area contributed by atoms with Gasteiger partial charge in [0.25, 0.3) is 5.91 Å². The normalized spacial score (nSPS) is 11.2. The third kappa shape index (κ3) is 4.75. The van der Waals surface area contributed by atoms with Gasteiger partial charge in [-0.3, -0.25) is 4.79 Å². The molecule has 5 nitrogen and oxygen atoms in total. The van der Waals surface area contributed by atoms with Gasteiger partial charge in [-0.15, -0.1) is 0 Å². The van der Waals surface area contributed by atoms with E-state index in [-0.39, 0.29) is 18.6 Å². The molecule has 2 aromatic rings. The van der Waals surface area contributed by atoms with Gasteiger partial charge < -0.3 is 14.8 Å². The lowest BCUT2D eigenvalue weighted by molar-refractivity contribution is -0.123. The number of nitrogens with one attached hydrogen (secondary N) is 1. The molecule has 0 aromatic heterocycles. The standard InChI is InChI=1S/C19H20N2O3/c1-3-18(15-6-10-16(23-2)11-7-15)21-19(22)13-24-17-8-4-14(12-20)5-9-17/h4-11,18H,3,13H2,1-2H3,(H,21,22)/t18-/m1/s1. The van der Waals surface area contributed by atoms with E-state index >= 15 is 0 Å². The Morgan fingerprint density at radius 3 is 2.29 bits per heavy atom. The number of ether oxygens (including phenoxy) is 2. The molecule has 0 heterocycles. The first-order valence-electron chi connectivity index (χ1n) is 7.72. The van der Waals surface area contributed by atoms with E-state index in [1.807, 2.05) is 37.3 Å². The summed E-state index contributed by atoms with van der Waals surface area (Å²) in [5, 5.41) is 11.7. The fourth-order valence-electron chi connectivity index (χ4n) is 2.27. The highest BCUT2D eigenvalue weighted by Crippen LogP contribution is 2.20. The third-order valence-electron chi connectivity index (χ3n) is 3.61. The number of carbonyl (C=O) groups excluding carboxylic acids is 1. The summed E-state index contributed by atoms with van der Waals surface area (Å²) in [6.07, 6.45) is 0.773. The molecule has 1 N–H and O–H groups in total. The monoisotopic (exact) mass is 324 g/mol. The van der Waals surface area contributed by atoms with Crippen LogP contribution in [0, 0.1) is 11.3 Å². The smallest absolute Gasteiger partial charge is 0.258 e. The second-order valence-corrected chi connectivity index (χ2v) is 5.23. The van der Waals surface area contributed by atoms with Crippen LogP contribution in [0.4, 0.5) is 0 Å². The van der Waals surface area contributed by atoms with E-state index in [4.69, 9.17) is 14.7 Å². The minimum absolute atomic E-state index is 0.0709. The van der Waals surface area contributed by atoms with Gasteiger partial charge in [-0.25, -0.2) is 0 Å². The number of amides is 1. The van der Waals surface area contributed by atoms with Gasteiger partial charge in [-0.1, -0.05) is 19.1 Å². The van der Waals surface area contributed by atoms with Crippen LogP contribution in [0.25, 0.3) is 0 Å². The summed E-state index contributed by atoms with van der Waals surface area (Å²) >= 11 is 0. The lowest BCUT2D eigenvalue weighted by atomic mass is 10.0. The highest BCUT2D eigenvalue weighted by atomic mass is 16.5. The van der Waals surface area contributed by atoms with Crippen molar-refractivity contribution in [2.45, 2.75) is 19.4 Å². The molecule has 0 unspecified atom stereocenters. The van der Waals surface area contributed by atoms with Crippen LogP contribution in [0.15, 0.2) is 48.5 Å². The Balaban J connectivity index is 1.89. The van der Waals surface area contributed by atoms with Crippen LogP contribution in [0.2, 0.25) is 0 Å². The van der Waals surface area contributed by atoms with Crippen molar-refractivity contribution in [3.8, 4) is 17.6 Å². The van der Waals surface area contributed by atoms with Crippen LogP contribution < -0.4 is 14.8 Å². The lowest BCUT2D eigenvalue weighted by Crippen LogP contribution is -2.32. The summed E-state index contributed by atoms with van der Waals surface area (Å²) in [5.74, 6) is 1.15. The second-order valence-electron chi connectivity index (χ2n) is 5.23. The molecule has 0 saturated heterocycles. The number of hydrogen-bond acceptors (Lipinski definition) is 4. The maximum Gasteiger partial charge on any atom is 0.258 e. The van der Waals surface area contributed by atoms with Crippen LogP contribution in [0.1, 0.15) is 30.5 Å². The molecule has 2 aromatic carbocycles. The molecule has 0 spiro atoms. The quantitative estimate of drug-likeness (QED) is 0.849. The zero-order valence-electron chi connectivity index (χ0n) is 13.8. The zero-order chi connectivity index (χ0) is 17.4. The predicted octanol–water partition coefficient (Wildman–Crippen LogP) is 3.21. The molecule has 1 atom stereocenters. The van der Waals surface area contributed by atoms with E-state index in [2.05, 4.69) is 5.32 Å². The Hall–Kier alpha value is -3.00. The van der Waals surface area contributed by atoms with Crippen LogP contribution in [0.5, 0.6) is 11.5 Å². The van der Waals surface area contributed by atoms with E-state index in [1.54, 1.807) is 31.4 Å². The maximum atomic E-state index is 12.1. The summed E-state index contributed by atoms with van der Waals surface area (Å²) < 4.78 is 10.6. The van der Waals surface area contributed by atoms with E-state index in [0.29, 0.717) is 11.3 Å². The van der Waals surface area contributed by atoms with Gasteiger partial charge in [0.1, 0.15) is 11.5 Å². The van der Waals surface area contributed by atoms with Crippen LogP contribution in [-0.2, 0) is 4.79 Å². The number of benzene rings is 2. The molecular formula is C19H20N2O3. The Morgan fingerprint density at radius 2 is 1.75 bits per heavy atom. The molecule has 0 saturated carbocycles. The van der Waals surface area contributed by atoms with Crippen molar-refractivity contribution in [3.05, 3.63) is 59.7 Å². The number of nitrogens with zero attached hydrogens (tertiary/aromatic N) is 1. The lowest BCUT2D eigenvalue weighted by Gasteiger charge is -2.18. The van der Waals surface area contributed by atoms with Crippen molar-refractivity contribution >= 4 is 5.91 Å². The first-order chi connectivity index (χ1) is 11.7. The highest BCUT2D eigenvalue weighted by Gasteiger charge is 2.13. The first-order valence-corrected chi connectivity index (χ1v) is 7.72. The summed E-state index contributed by atoms with van der Waals surface area (Å²) in [4.78, 5) is 12.1. The summed E-state index contributed by atoms with van der Waals surface area (Å²) in [7, 11) is 1.62. The van der Waals surface area contributed by atoms with Crippen LogP contribution in [-0.4, -0.2) is 19.6 Å². The molecule has 124 valence electrons. The largest absolute Gasteiger partial charge is 0.497 e. The van der Waals surface area contributed by atoms with E-state index < -0.39 is 0 Å². The SMILES string of the molecule is CC[C@@H](NC(=O)COc1ccc(C#N)cc1)c1ccc(OC)cc1. The number of methoxy groups -OCH3 is 1. The molecule has 1 amide bonds. The first kappa shape index (κ1) is 17.4.